The first-order valence-corrected chi connectivity index (χ1v) is 31.6. The van der Waals surface area contributed by atoms with E-state index in [1.54, 1.807) is 6.92 Å². The Morgan fingerprint density at radius 3 is 1.38 bits per heavy atom. The summed E-state index contributed by atoms with van der Waals surface area (Å²) in [7, 11) is 0. The molecule has 9 aromatic rings. The summed E-state index contributed by atoms with van der Waals surface area (Å²) in [6.45, 7) is 13.3. The third-order valence-corrected chi connectivity index (χ3v) is 19.4. The second-order valence-electron chi connectivity index (χ2n) is 24.7. The largest absolute Gasteiger partial charge is 0.494 e. The fraction of sp³-hybridized carbons (Fsp3) is 0.355. The number of ketones is 1. The first-order chi connectivity index (χ1) is 41.2. The third kappa shape index (κ3) is 10.5. The molecule has 0 unspecified atom stereocenters. The van der Waals surface area contributed by atoms with Crippen LogP contribution in [0.3, 0.4) is 0 Å². The van der Waals surface area contributed by atoms with Crippen LogP contribution in [0.4, 0.5) is 0 Å². The highest BCUT2D eigenvalue weighted by atomic mass is 16.5. The molecule has 2 fully saturated rings. The molecule has 12 rings (SSSR count). The first-order valence-electron chi connectivity index (χ1n) is 31.6. The van der Waals surface area contributed by atoms with E-state index < -0.39 is 0 Å². The van der Waals surface area contributed by atoms with Crippen molar-refractivity contribution in [2.24, 2.45) is 10.8 Å². The van der Waals surface area contributed by atoms with Gasteiger partial charge in [-0.2, -0.15) is 0 Å². The summed E-state index contributed by atoms with van der Waals surface area (Å²) < 4.78 is 10.7. The SMILES string of the molecule is C=C(C)C(=O)CCCCCCCCCCOc1ccc(-c2nnc(-c3ccc(-c4ccc5c(c4)C4(c6cc(-c7nnc(-c8ccc(C)cc8)n7-c7ccccc7)ccc6-5)C5(CCC)CCCC4(CCC)CCC5)cc3)n2-c2ccccc2)cc1. The van der Waals surface area contributed by atoms with Crippen LogP contribution in [0.2, 0.25) is 0 Å². The monoisotopic (exact) mass is 1110 g/mol. The Bertz CT molecular complexity index is 3700. The number of carbonyl (C=O) groups excluding carboxylic acids is 1. The van der Waals surface area contributed by atoms with Crippen LogP contribution in [0.25, 0.3) is 79.2 Å². The van der Waals surface area contributed by atoms with Gasteiger partial charge in [-0.05, 0) is 176 Å². The van der Waals surface area contributed by atoms with Gasteiger partial charge < -0.3 is 4.74 Å². The zero-order valence-electron chi connectivity index (χ0n) is 50.0. The molecular weight excluding hydrogens is 1030 g/mol. The third-order valence-electron chi connectivity index (χ3n) is 19.4. The number of aryl methyl sites for hydroxylation is 1. The van der Waals surface area contributed by atoms with Crippen LogP contribution in [0.15, 0.2) is 182 Å². The molecule has 2 bridgehead atoms. The van der Waals surface area contributed by atoms with E-state index in [1.807, 2.05) is 0 Å². The highest BCUT2D eigenvalue weighted by Gasteiger charge is 2.69. The maximum absolute atomic E-state index is 11.8. The summed E-state index contributed by atoms with van der Waals surface area (Å²) in [5, 5.41) is 19.9. The molecular formula is C76H82N6O2. The summed E-state index contributed by atoms with van der Waals surface area (Å²) >= 11 is 0. The minimum atomic E-state index is -0.167. The fourth-order valence-corrected chi connectivity index (χ4v) is 15.7. The second-order valence-corrected chi connectivity index (χ2v) is 24.7. The molecule has 2 heterocycles. The minimum Gasteiger partial charge on any atom is -0.494 e. The molecule has 3 aliphatic rings. The predicted octanol–water partition coefficient (Wildman–Crippen LogP) is 19.7. The Kier molecular flexibility index (Phi) is 16.6. The van der Waals surface area contributed by atoms with Gasteiger partial charge in [0.25, 0.3) is 0 Å². The number of hydrogen-bond donors (Lipinski definition) is 0. The molecule has 0 radical (unpaired) electrons. The van der Waals surface area contributed by atoms with Crippen molar-refractivity contribution in [2.45, 2.75) is 155 Å². The average Bonchev–Trinajstić information content (AvgIpc) is 1.49. The normalized spacial score (nSPS) is 18.6. The van der Waals surface area contributed by atoms with Crippen molar-refractivity contribution in [3.8, 4) is 84.9 Å². The number of hydrogen-bond acceptors (Lipinski definition) is 6. The Hall–Kier alpha value is -7.97. The molecule has 84 heavy (non-hydrogen) atoms. The van der Waals surface area contributed by atoms with Gasteiger partial charge in [-0.25, -0.2) is 0 Å². The molecule has 428 valence electrons. The molecule has 1 spiro atoms. The van der Waals surface area contributed by atoms with Gasteiger partial charge in [0.2, 0.25) is 0 Å². The first kappa shape index (κ1) is 56.5. The maximum atomic E-state index is 11.8. The number of allylic oxidation sites excluding steroid dienone is 1. The fourth-order valence-electron chi connectivity index (χ4n) is 15.7. The Balaban J connectivity index is 0.843. The number of benzene rings is 7. The number of nitrogens with zero attached hydrogens (tertiary/aromatic N) is 6. The van der Waals surface area contributed by atoms with Crippen molar-refractivity contribution in [3.63, 3.8) is 0 Å². The molecule has 0 atom stereocenters. The highest BCUT2D eigenvalue weighted by Crippen LogP contribution is 2.76. The van der Waals surface area contributed by atoms with Gasteiger partial charge in [0.1, 0.15) is 5.75 Å². The van der Waals surface area contributed by atoms with Crippen molar-refractivity contribution in [1.29, 1.82) is 0 Å². The van der Waals surface area contributed by atoms with Crippen molar-refractivity contribution >= 4 is 5.78 Å². The van der Waals surface area contributed by atoms with E-state index in [4.69, 9.17) is 25.1 Å². The number of para-hydroxylation sites is 2. The molecule has 8 nitrogen and oxygen atoms in total. The zero-order chi connectivity index (χ0) is 57.7. The van der Waals surface area contributed by atoms with Crippen LogP contribution in [-0.4, -0.2) is 41.9 Å². The van der Waals surface area contributed by atoms with Gasteiger partial charge in [0, 0.05) is 45.5 Å². The number of carbonyl (C=O) groups is 1. The quantitative estimate of drug-likeness (QED) is 0.0442. The molecule has 0 saturated heterocycles. The molecule has 0 N–H and O–H groups in total. The van der Waals surface area contributed by atoms with Crippen LogP contribution in [0.1, 0.15) is 159 Å². The molecule has 0 amide bonds. The van der Waals surface area contributed by atoms with E-state index in [0.717, 1.165) is 88.4 Å². The van der Waals surface area contributed by atoms with Gasteiger partial charge in [-0.3, -0.25) is 13.9 Å². The number of ether oxygens (including phenoxy) is 1. The Morgan fingerprint density at radius 1 is 0.488 bits per heavy atom. The number of unbranched alkanes of at least 4 members (excludes halogenated alkanes) is 7. The van der Waals surface area contributed by atoms with Crippen molar-refractivity contribution in [3.05, 3.63) is 199 Å². The van der Waals surface area contributed by atoms with Gasteiger partial charge in [0.15, 0.2) is 29.1 Å². The average molecular weight is 1110 g/mol. The lowest BCUT2D eigenvalue weighted by atomic mass is 9.36. The van der Waals surface area contributed by atoms with Crippen LogP contribution >= 0.6 is 0 Å². The van der Waals surface area contributed by atoms with Crippen LogP contribution < -0.4 is 4.74 Å². The summed E-state index contributed by atoms with van der Waals surface area (Å²) in [6, 6.07) is 62.0. The standard InChI is InChI=1S/C76H82N6O2/c1-6-45-74-47-22-49-75(46-7-2,50-23-48-74)76(74)67-52-60(39-43-65(67)66-44-40-61(53-68(66)76)73-80-79-70(57-31-29-55(5)30-32-57)82(73)63-26-18-15-19-27-63)56-33-35-58(36-34-56)71-77-78-72(81(71)62-24-16-14-17-25-62)59-37-41-64(42-38-59)84-51-21-13-11-9-8-10-12-20-28-69(83)54(3)4/h14-19,24-27,29-44,52-53H,3,6-13,20-23,28,45-51H2,1-2,4-5H3. The van der Waals surface area contributed by atoms with E-state index in [9.17, 15) is 4.79 Å². The highest BCUT2D eigenvalue weighted by molar-refractivity contribution is 5.94. The smallest absolute Gasteiger partial charge is 0.168 e. The summed E-state index contributed by atoms with van der Waals surface area (Å²) in [6.07, 6.45) is 22.1. The molecule has 2 saturated carbocycles. The van der Waals surface area contributed by atoms with Crippen molar-refractivity contribution < 1.29 is 9.53 Å². The molecule has 7 aromatic carbocycles. The van der Waals surface area contributed by atoms with Crippen LogP contribution in [-0.2, 0) is 10.2 Å². The molecule has 2 aromatic heterocycles. The predicted molar refractivity (Wildman–Crippen MR) is 344 cm³/mol. The van der Waals surface area contributed by atoms with E-state index in [1.165, 1.54) is 129 Å². The summed E-state index contributed by atoms with van der Waals surface area (Å²) in [5.41, 5.74) is 16.5. The van der Waals surface area contributed by atoms with Crippen molar-refractivity contribution in [2.75, 3.05) is 6.61 Å². The molecule has 8 heteroatoms. The minimum absolute atomic E-state index is 0.123. The van der Waals surface area contributed by atoms with Gasteiger partial charge in [-0.15, -0.1) is 20.4 Å². The van der Waals surface area contributed by atoms with E-state index in [-0.39, 0.29) is 22.0 Å². The molecule has 3 aliphatic carbocycles. The number of rotatable bonds is 24. The van der Waals surface area contributed by atoms with E-state index in [2.05, 4.69) is 206 Å². The summed E-state index contributed by atoms with van der Waals surface area (Å²) in [5.74, 6) is 4.37. The lowest BCUT2D eigenvalue weighted by Gasteiger charge is -2.67. The molecule has 0 aliphatic heterocycles. The van der Waals surface area contributed by atoms with Crippen molar-refractivity contribution in [1.82, 2.24) is 29.5 Å². The number of aromatic nitrogens is 6. The van der Waals surface area contributed by atoms with Crippen LogP contribution in [0.5, 0.6) is 5.75 Å². The van der Waals surface area contributed by atoms with Gasteiger partial charge in [0.05, 0.1) is 6.61 Å². The second kappa shape index (κ2) is 24.7. The summed E-state index contributed by atoms with van der Waals surface area (Å²) in [4.78, 5) is 11.8. The Morgan fingerprint density at radius 2 is 0.893 bits per heavy atom. The Labute approximate surface area is 498 Å². The zero-order valence-corrected chi connectivity index (χ0v) is 50.0. The number of fused-ring (bicyclic) bond motifs is 3. The van der Waals surface area contributed by atoms with Gasteiger partial charge >= 0.3 is 0 Å². The lowest BCUT2D eigenvalue weighted by molar-refractivity contribution is -0.115. The van der Waals surface area contributed by atoms with E-state index in [0.29, 0.717) is 18.6 Å². The van der Waals surface area contributed by atoms with Gasteiger partial charge in [-0.1, -0.05) is 199 Å². The number of Topliss-reactive ketones (excluding diaryl/α,β-unsaturated/α-hetero) is 1. The van der Waals surface area contributed by atoms with E-state index >= 15 is 0 Å². The maximum Gasteiger partial charge on any atom is 0.168 e. The topological polar surface area (TPSA) is 87.7 Å². The lowest BCUT2D eigenvalue weighted by Crippen LogP contribution is -2.62. The van der Waals surface area contributed by atoms with Crippen LogP contribution in [0, 0.1) is 17.8 Å².